The number of amides is 3. The molecule has 0 spiro atoms. The van der Waals surface area contributed by atoms with E-state index in [1.807, 2.05) is 30.3 Å². The van der Waals surface area contributed by atoms with E-state index in [0.717, 1.165) is 5.56 Å². The van der Waals surface area contributed by atoms with Crippen LogP contribution in [0.15, 0.2) is 30.3 Å². The fourth-order valence-corrected chi connectivity index (χ4v) is 2.87. The van der Waals surface area contributed by atoms with Gasteiger partial charge in [0, 0.05) is 7.11 Å². The Morgan fingerprint density at radius 3 is 2.68 bits per heavy atom. The second-order valence-corrected chi connectivity index (χ2v) is 5.31. The molecule has 2 saturated heterocycles. The summed E-state index contributed by atoms with van der Waals surface area (Å²) < 4.78 is 10.6. The lowest BCUT2D eigenvalue weighted by molar-refractivity contribution is -0.211. The first kappa shape index (κ1) is 15.0. The maximum Gasteiger partial charge on any atom is 0.328 e. The summed E-state index contributed by atoms with van der Waals surface area (Å²) in [5.74, 6) is -0.345. The standard InChI is InChI=1S/C15H18N2O5/c1-21-12-8-16-13(11(9-18)22-12)14(19)17(15(16)20)7-10-5-3-2-4-6-10/h2-6,11-13,18H,7-9H2,1H3/t11-,12+,13-/m0/s1. The van der Waals surface area contributed by atoms with Gasteiger partial charge in [-0.1, -0.05) is 30.3 Å². The van der Waals surface area contributed by atoms with E-state index in [4.69, 9.17) is 9.47 Å². The van der Waals surface area contributed by atoms with Crippen molar-refractivity contribution in [3.63, 3.8) is 0 Å². The molecule has 1 aromatic rings. The molecule has 118 valence electrons. The molecule has 0 unspecified atom stereocenters. The number of urea groups is 1. The topological polar surface area (TPSA) is 79.3 Å². The Hall–Kier alpha value is -1.96. The highest BCUT2D eigenvalue weighted by molar-refractivity contribution is 6.04. The molecule has 0 saturated carbocycles. The molecule has 0 aromatic heterocycles. The molecule has 2 fully saturated rings. The van der Waals surface area contributed by atoms with Gasteiger partial charge < -0.3 is 19.5 Å². The van der Waals surface area contributed by atoms with Gasteiger partial charge in [0.2, 0.25) is 0 Å². The van der Waals surface area contributed by atoms with Crippen molar-refractivity contribution in [1.82, 2.24) is 9.80 Å². The molecular formula is C15H18N2O5. The summed E-state index contributed by atoms with van der Waals surface area (Å²) in [6.07, 6.45) is -1.40. The number of nitrogens with zero attached hydrogens (tertiary/aromatic N) is 2. The van der Waals surface area contributed by atoms with Crippen molar-refractivity contribution in [2.45, 2.75) is 25.0 Å². The Labute approximate surface area is 128 Å². The van der Waals surface area contributed by atoms with Crippen LogP contribution in [0.4, 0.5) is 4.79 Å². The van der Waals surface area contributed by atoms with Gasteiger partial charge in [-0.05, 0) is 5.56 Å². The van der Waals surface area contributed by atoms with E-state index >= 15 is 0 Å². The van der Waals surface area contributed by atoms with Crippen LogP contribution in [0.5, 0.6) is 0 Å². The quantitative estimate of drug-likeness (QED) is 0.803. The van der Waals surface area contributed by atoms with Gasteiger partial charge in [-0.25, -0.2) is 4.79 Å². The number of aliphatic hydroxyl groups is 1. The van der Waals surface area contributed by atoms with Crippen LogP contribution in [0.25, 0.3) is 0 Å². The third-order valence-corrected chi connectivity index (χ3v) is 3.98. The largest absolute Gasteiger partial charge is 0.394 e. The summed E-state index contributed by atoms with van der Waals surface area (Å²) in [4.78, 5) is 27.7. The van der Waals surface area contributed by atoms with Gasteiger partial charge in [0.1, 0.15) is 12.1 Å². The van der Waals surface area contributed by atoms with Crippen LogP contribution < -0.4 is 0 Å². The van der Waals surface area contributed by atoms with Gasteiger partial charge in [-0.15, -0.1) is 0 Å². The molecule has 3 amide bonds. The predicted octanol–water partition coefficient (Wildman–Crippen LogP) is 0.183. The third-order valence-electron chi connectivity index (χ3n) is 3.98. The van der Waals surface area contributed by atoms with Crippen LogP contribution in [0.1, 0.15) is 5.56 Å². The highest BCUT2D eigenvalue weighted by Crippen LogP contribution is 2.28. The Balaban J connectivity index is 1.83. The van der Waals surface area contributed by atoms with E-state index in [1.54, 1.807) is 0 Å². The molecule has 3 atom stereocenters. The second-order valence-electron chi connectivity index (χ2n) is 5.31. The fraction of sp³-hybridized carbons (Fsp3) is 0.467. The number of fused-ring (bicyclic) bond motifs is 1. The number of methoxy groups -OCH3 is 1. The molecule has 3 rings (SSSR count). The lowest BCUT2D eigenvalue weighted by Crippen LogP contribution is -2.56. The Bertz CT molecular complexity index is 564. The van der Waals surface area contributed by atoms with Crippen LogP contribution >= 0.6 is 0 Å². The van der Waals surface area contributed by atoms with E-state index in [2.05, 4.69) is 0 Å². The SMILES string of the molecule is CO[C@H]1CN2C(=O)N(Cc3ccccc3)C(=O)[C@@H]2[C@H](CO)O1. The predicted molar refractivity (Wildman–Crippen MR) is 75.6 cm³/mol. The molecule has 0 bridgehead atoms. The number of aliphatic hydroxyl groups excluding tert-OH is 1. The summed E-state index contributed by atoms with van der Waals surface area (Å²) in [6.45, 7) is 0.0358. The lowest BCUT2D eigenvalue weighted by Gasteiger charge is -2.37. The molecule has 0 radical (unpaired) electrons. The van der Waals surface area contributed by atoms with Crippen LogP contribution in [0.3, 0.4) is 0 Å². The van der Waals surface area contributed by atoms with Crippen LogP contribution in [-0.2, 0) is 20.8 Å². The number of morpholine rings is 1. The first-order chi connectivity index (χ1) is 10.7. The van der Waals surface area contributed by atoms with Crippen molar-refractivity contribution < 1.29 is 24.2 Å². The van der Waals surface area contributed by atoms with Gasteiger partial charge in [0.25, 0.3) is 5.91 Å². The van der Waals surface area contributed by atoms with Gasteiger partial charge in [0.15, 0.2) is 6.29 Å². The van der Waals surface area contributed by atoms with Gasteiger partial charge in [-0.3, -0.25) is 9.69 Å². The van der Waals surface area contributed by atoms with Crippen LogP contribution in [0.2, 0.25) is 0 Å². The van der Waals surface area contributed by atoms with E-state index in [9.17, 15) is 14.7 Å². The van der Waals surface area contributed by atoms with Gasteiger partial charge in [0.05, 0.1) is 19.7 Å². The van der Waals surface area contributed by atoms with E-state index in [-0.39, 0.29) is 31.6 Å². The van der Waals surface area contributed by atoms with Crippen LogP contribution in [-0.4, -0.2) is 65.5 Å². The van der Waals surface area contributed by atoms with Crippen molar-refractivity contribution in [2.75, 3.05) is 20.3 Å². The second kappa shape index (κ2) is 6.04. The molecule has 1 aromatic carbocycles. The van der Waals surface area contributed by atoms with Crippen molar-refractivity contribution in [2.24, 2.45) is 0 Å². The number of rotatable bonds is 4. The zero-order valence-corrected chi connectivity index (χ0v) is 12.2. The zero-order chi connectivity index (χ0) is 15.7. The number of hydrogen-bond acceptors (Lipinski definition) is 5. The summed E-state index contributed by atoms with van der Waals surface area (Å²) in [6, 6.07) is 8.14. The molecule has 2 aliphatic heterocycles. The average molecular weight is 306 g/mol. The number of benzene rings is 1. The summed E-state index contributed by atoms with van der Waals surface area (Å²) in [5.41, 5.74) is 0.869. The Kier molecular flexibility index (Phi) is 4.10. The highest BCUT2D eigenvalue weighted by atomic mass is 16.7. The van der Waals surface area contributed by atoms with Gasteiger partial charge in [-0.2, -0.15) is 0 Å². The summed E-state index contributed by atoms with van der Waals surface area (Å²) in [5, 5.41) is 9.44. The Morgan fingerprint density at radius 1 is 1.32 bits per heavy atom. The number of imide groups is 1. The maximum atomic E-state index is 12.6. The summed E-state index contributed by atoms with van der Waals surface area (Å²) in [7, 11) is 1.46. The summed E-state index contributed by atoms with van der Waals surface area (Å²) >= 11 is 0. The van der Waals surface area contributed by atoms with E-state index in [0.29, 0.717) is 0 Å². The van der Waals surface area contributed by atoms with Crippen molar-refractivity contribution in [3.8, 4) is 0 Å². The van der Waals surface area contributed by atoms with Gasteiger partial charge >= 0.3 is 6.03 Å². The fourth-order valence-electron chi connectivity index (χ4n) is 2.87. The monoisotopic (exact) mass is 306 g/mol. The van der Waals surface area contributed by atoms with E-state index < -0.39 is 18.4 Å². The minimum Gasteiger partial charge on any atom is -0.394 e. The third kappa shape index (κ3) is 2.47. The number of carbonyl (C=O) groups is 2. The van der Waals surface area contributed by atoms with Crippen molar-refractivity contribution >= 4 is 11.9 Å². The molecule has 7 heteroatoms. The molecule has 0 aliphatic carbocycles. The average Bonchev–Trinajstić information content (AvgIpc) is 2.80. The Morgan fingerprint density at radius 2 is 2.05 bits per heavy atom. The molecule has 1 N–H and O–H groups in total. The van der Waals surface area contributed by atoms with Crippen LogP contribution in [0, 0.1) is 0 Å². The highest BCUT2D eigenvalue weighted by Gasteiger charge is 2.52. The first-order valence-electron chi connectivity index (χ1n) is 7.10. The van der Waals surface area contributed by atoms with Crippen molar-refractivity contribution in [1.29, 1.82) is 0 Å². The molecule has 2 heterocycles. The minimum atomic E-state index is -0.785. The number of carbonyl (C=O) groups excluding carboxylic acids is 2. The molecule has 2 aliphatic rings. The molecule has 22 heavy (non-hydrogen) atoms. The molecular weight excluding hydrogens is 288 g/mol. The maximum absolute atomic E-state index is 12.6. The number of ether oxygens (including phenoxy) is 2. The number of hydrogen-bond donors (Lipinski definition) is 1. The first-order valence-corrected chi connectivity index (χ1v) is 7.10. The van der Waals surface area contributed by atoms with Crippen molar-refractivity contribution in [3.05, 3.63) is 35.9 Å². The van der Waals surface area contributed by atoms with E-state index in [1.165, 1.54) is 16.9 Å². The normalized spacial score (nSPS) is 28.2. The lowest BCUT2D eigenvalue weighted by atomic mass is 10.1. The smallest absolute Gasteiger partial charge is 0.328 e. The zero-order valence-electron chi connectivity index (χ0n) is 12.2. The minimum absolute atomic E-state index is 0.174. The molecule has 7 nitrogen and oxygen atoms in total.